The Morgan fingerprint density at radius 2 is 2.00 bits per heavy atom. The Kier molecular flexibility index (Phi) is 6.05. The van der Waals surface area contributed by atoms with Crippen molar-refractivity contribution in [2.45, 2.75) is 18.6 Å². The third kappa shape index (κ3) is 4.34. The van der Waals surface area contributed by atoms with Gasteiger partial charge in [0.25, 0.3) is 0 Å². The van der Waals surface area contributed by atoms with Gasteiger partial charge in [0.1, 0.15) is 13.6 Å². The van der Waals surface area contributed by atoms with Gasteiger partial charge in [-0.1, -0.05) is 0 Å². The van der Waals surface area contributed by atoms with E-state index in [1.54, 1.807) is 14.2 Å². The number of hydrogen-bond donors (Lipinski definition) is 1. The molecule has 1 fully saturated rings. The monoisotopic (exact) mass is 205 g/mol. The van der Waals surface area contributed by atoms with E-state index < -0.39 is 0 Å². The van der Waals surface area contributed by atoms with Gasteiger partial charge in [-0.2, -0.15) is 0 Å². The van der Waals surface area contributed by atoms with E-state index in [0.717, 1.165) is 13.0 Å². The van der Waals surface area contributed by atoms with Gasteiger partial charge >= 0.3 is 0 Å². The molecule has 2 atom stereocenters. The summed E-state index contributed by atoms with van der Waals surface area (Å²) in [5.41, 5.74) is 0. The van der Waals surface area contributed by atoms with Crippen LogP contribution in [0.25, 0.3) is 0 Å². The van der Waals surface area contributed by atoms with Gasteiger partial charge in [0.05, 0.1) is 12.7 Å². The van der Waals surface area contributed by atoms with Gasteiger partial charge in [-0.3, -0.25) is 0 Å². The van der Waals surface area contributed by atoms with Crippen LogP contribution in [0.3, 0.4) is 0 Å². The van der Waals surface area contributed by atoms with E-state index in [1.807, 2.05) is 0 Å². The van der Waals surface area contributed by atoms with E-state index >= 15 is 0 Å². The molecule has 0 aromatic rings. The molecular formula is C9H19NO4. The minimum absolute atomic E-state index is 0.242. The van der Waals surface area contributed by atoms with Crippen molar-refractivity contribution in [3.05, 3.63) is 0 Å². The molecule has 0 radical (unpaired) electrons. The summed E-state index contributed by atoms with van der Waals surface area (Å²) < 4.78 is 20.3. The Bertz CT molecular complexity index is 145. The number of methoxy groups -OCH3 is 2. The van der Waals surface area contributed by atoms with Crippen molar-refractivity contribution in [3.8, 4) is 0 Å². The highest BCUT2D eigenvalue weighted by Crippen LogP contribution is 2.10. The van der Waals surface area contributed by atoms with Crippen molar-refractivity contribution in [3.63, 3.8) is 0 Å². The molecule has 0 saturated carbocycles. The molecule has 2 unspecified atom stereocenters. The van der Waals surface area contributed by atoms with Crippen molar-refractivity contribution >= 4 is 0 Å². The number of ether oxygens (including phenoxy) is 4. The zero-order chi connectivity index (χ0) is 10.2. The molecular weight excluding hydrogens is 186 g/mol. The summed E-state index contributed by atoms with van der Waals surface area (Å²) in [6, 6.07) is 0.368. The predicted octanol–water partition coefficient (Wildman–Crippen LogP) is -0.0421. The summed E-state index contributed by atoms with van der Waals surface area (Å²) in [6.45, 7) is 2.24. The quantitative estimate of drug-likeness (QED) is 0.467. The molecule has 14 heavy (non-hydrogen) atoms. The molecule has 1 heterocycles. The Balaban J connectivity index is 2.02. The molecule has 1 N–H and O–H groups in total. The summed E-state index contributed by atoms with van der Waals surface area (Å²) in [4.78, 5) is 0. The van der Waals surface area contributed by atoms with Crippen LogP contribution in [0.2, 0.25) is 0 Å². The SMILES string of the molecule is COCOCC1CC(OCOC)CN1. The third-order valence-corrected chi connectivity index (χ3v) is 2.12. The van der Waals surface area contributed by atoms with Crippen LogP contribution in [0.15, 0.2) is 0 Å². The summed E-state index contributed by atoms with van der Waals surface area (Å²) in [7, 11) is 3.24. The van der Waals surface area contributed by atoms with Gasteiger partial charge in [0, 0.05) is 26.8 Å². The smallest absolute Gasteiger partial charge is 0.146 e. The second-order valence-corrected chi connectivity index (χ2v) is 3.31. The van der Waals surface area contributed by atoms with E-state index in [0.29, 0.717) is 26.2 Å². The number of nitrogens with one attached hydrogen (secondary N) is 1. The van der Waals surface area contributed by atoms with Crippen LogP contribution >= 0.6 is 0 Å². The lowest BCUT2D eigenvalue weighted by atomic mass is 10.2. The van der Waals surface area contributed by atoms with E-state index in [1.165, 1.54) is 0 Å². The minimum Gasteiger partial charge on any atom is -0.359 e. The summed E-state index contributed by atoms with van der Waals surface area (Å²) in [6.07, 6.45) is 1.21. The molecule has 0 amide bonds. The first kappa shape index (κ1) is 11.9. The zero-order valence-corrected chi connectivity index (χ0v) is 8.82. The average Bonchev–Trinajstić information content (AvgIpc) is 2.63. The normalized spacial score (nSPS) is 27.0. The molecule has 5 nitrogen and oxygen atoms in total. The first-order chi connectivity index (χ1) is 6.86. The van der Waals surface area contributed by atoms with Crippen molar-refractivity contribution < 1.29 is 18.9 Å². The molecule has 0 aromatic carbocycles. The Morgan fingerprint density at radius 1 is 1.21 bits per heavy atom. The Labute approximate surface area is 84.7 Å². The third-order valence-electron chi connectivity index (χ3n) is 2.12. The highest BCUT2D eigenvalue weighted by molar-refractivity contribution is 4.81. The first-order valence-electron chi connectivity index (χ1n) is 4.77. The van der Waals surface area contributed by atoms with Crippen molar-refractivity contribution in [1.82, 2.24) is 5.32 Å². The number of rotatable bonds is 7. The van der Waals surface area contributed by atoms with Crippen molar-refractivity contribution in [2.24, 2.45) is 0 Å². The lowest BCUT2D eigenvalue weighted by Gasteiger charge is -2.11. The van der Waals surface area contributed by atoms with E-state index in [2.05, 4.69) is 5.32 Å². The molecule has 0 aliphatic carbocycles. The molecule has 0 spiro atoms. The summed E-state index contributed by atoms with van der Waals surface area (Å²) >= 11 is 0. The molecule has 0 bridgehead atoms. The number of hydrogen-bond acceptors (Lipinski definition) is 5. The molecule has 1 saturated heterocycles. The minimum atomic E-state index is 0.242. The Morgan fingerprint density at radius 3 is 2.71 bits per heavy atom. The van der Waals surface area contributed by atoms with Gasteiger partial charge in [-0.15, -0.1) is 0 Å². The average molecular weight is 205 g/mol. The van der Waals surface area contributed by atoms with Crippen LogP contribution in [0.5, 0.6) is 0 Å². The van der Waals surface area contributed by atoms with Crippen molar-refractivity contribution in [2.75, 3.05) is 41.0 Å². The van der Waals surface area contributed by atoms with Crippen LogP contribution < -0.4 is 5.32 Å². The fourth-order valence-corrected chi connectivity index (χ4v) is 1.47. The molecule has 1 aliphatic rings. The van der Waals surface area contributed by atoms with Crippen LogP contribution in [-0.4, -0.2) is 53.1 Å². The van der Waals surface area contributed by atoms with Gasteiger partial charge in [0.2, 0.25) is 0 Å². The van der Waals surface area contributed by atoms with Gasteiger partial charge < -0.3 is 24.3 Å². The predicted molar refractivity (Wildman–Crippen MR) is 51.0 cm³/mol. The maximum Gasteiger partial charge on any atom is 0.146 e. The van der Waals surface area contributed by atoms with Crippen LogP contribution in [0, 0.1) is 0 Å². The topological polar surface area (TPSA) is 49.0 Å². The molecule has 0 aromatic heterocycles. The largest absolute Gasteiger partial charge is 0.359 e. The van der Waals surface area contributed by atoms with Gasteiger partial charge in [0.15, 0.2) is 0 Å². The lowest BCUT2D eigenvalue weighted by Crippen LogP contribution is -2.27. The van der Waals surface area contributed by atoms with E-state index in [4.69, 9.17) is 18.9 Å². The lowest BCUT2D eigenvalue weighted by molar-refractivity contribution is -0.0677. The van der Waals surface area contributed by atoms with Crippen LogP contribution in [-0.2, 0) is 18.9 Å². The summed E-state index contributed by atoms with van der Waals surface area (Å²) in [5, 5.41) is 3.31. The second kappa shape index (κ2) is 7.14. The molecule has 1 aliphatic heterocycles. The van der Waals surface area contributed by atoms with Crippen LogP contribution in [0.1, 0.15) is 6.42 Å². The highest BCUT2D eigenvalue weighted by Gasteiger charge is 2.24. The highest BCUT2D eigenvalue weighted by atomic mass is 16.7. The zero-order valence-electron chi connectivity index (χ0n) is 8.82. The maximum absolute atomic E-state index is 5.42. The second-order valence-electron chi connectivity index (χ2n) is 3.31. The standard InChI is InChI=1S/C9H19NO4/c1-11-6-13-5-8-3-9(4-10-8)14-7-12-2/h8-10H,3-7H2,1-2H3. The van der Waals surface area contributed by atoms with Crippen LogP contribution in [0.4, 0.5) is 0 Å². The fraction of sp³-hybridized carbons (Fsp3) is 1.00. The summed E-state index contributed by atoms with van der Waals surface area (Å²) in [5.74, 6) is 0. The van der Waals surface area contributed by atoms with E-state index in [-0.39, 0.29) is 6.10 Å². The molecule has 84 valence electrons. The first-order valence-corrected chi connectivity index (χ1v) is 4.77. The van der Waals surface area contributed by atoms with Crippen molar-refractivity contribution in [1.29, 1.82) is 0 Å². The Hall–Kier alpha value is -0.200. The fourth-order valence-electron chi connectivity index (χ4n) is 1.47. The maximum atomic E-state index is 5.42. The molecule has 5 heteroatoms. The van der Waals surface area contributed by atoms with Gasteiger partial charge in [-0.25, -0.2) is 0 Å². The molecule has 1 rings (SSSR count). The van der Waals surface area contributed by atoms with E-state index in [9.17, 15) is 0 Å². The van der Waals surface area contributed by atoms with Gasteiger partial charge in [-0.05, 0) is 6.42 Å².